The highest BCUT2D eigenvalue weighted by molar-refractivity contribution is 8.14. The highest BCUT2D eigenvalue weighted by Crippen LogP contribution is 2.26. The van der Waals surface area contributed by atoms with E-state index in [0.717, 1.165) is 28.1 Å². The number of ether oxygens (including phenoxy) is 1. The quantitative estimate of drug-likeness (QED) is 0.583. The molecule has 0 aliphatic carbocycles. The van der Waals surface area contributed by atoms with Crippen LogP contribution in [-0.2, 0) is 6.54 Å². The number of hydrazone groups is 1. The SMILES string of the molecule is COc1ccc(-n2c(C)cc(C3=NN(C)C(=NCc4ccccc4)SC3)c2C)cc1. The fourth-order valence-electron chi connectivity index (χ4n) is 3.68. The van der Waals surface area contributed by atoms with E-state index in [9.17, 15) is 0 Å². The van der Waals surface area contributed by atoms with Gasteiger partial charge < -0.3 is 9.30 Å². The lowest BCUT2D eigenvalue weighted by Crippen LogP contribution is -2.28. The summed E-state index contributed by atoms with van der Waals surface area (Å²) in [5.41, 5.74) is 6.97. The number of aliphatic imine (C=N–C) groups is 1. The Morgan fingerprint density at radius 1 is 1.07 bits per heavy atom. The number of thioether (sulfide) groups is 1. The van der Waals surface area contributed by atoms with Crippen LogP contribution in [0.5, 0.6) is 5.75 Å². The Morgan fingerprint density at radius 2 is 1.80 bits per heavy atom. The molecule has 0 amide bonds. The summed E-state index contributed by atoms with van der Waals surface area (Å²) in [6.45, 7) is 4.96. The monoisotopic (exact) mass is 418 g/mol. The van der Waals surface area contributed by atoms with Crippen LogP contribution in [0.3, 0.4) is 0 Å². The van der Waals surface area contributed by atoms with Gasteiger partial charge in [0.25, 0.3) is 0 Å². The first-order valence-corrected chi connectivity index (χ1v) is 10.9. The van der Waals surface area contributed by atoms with Gasteiger partial charge in [-0.25, -0.2) is 5.01 Å². The first kappa shape index (κ1) is 20.3. The first-order chi connectivity index (χ1) is 14.6. The number of methoxy groups -OCH3 is 1. The Labute approximate surface area is 182 Å². The molecule has 2 aromatic carbocycles. The molecule has 0 atom stereocenters. The molecule has 6 heteroatoms. The third-order valence-corrected chi connectivity index (χ3v) is 6.27. The molecule has 0 fully saturated rings. The van der Waals surface area contributed by atoms with Crippen molar-refractivity contribution >= 4 is 22.6 Å². The molecule has 0 bridgehead atoms. The summed E-state index contributed by atoms with van der Waals surface area (Å²) in [6.07, 6.45) is 0. The van der Waals surface area contributed by atoms with Crippen molar-refractivity contribution in [3.8, 4) is 11.4 Å². The molecule has 4 rings (SSSR count). The molecule has 1 aliphatic rings. The summed E-state index contributed by atoms with van der Waals surface area (Å²) in [6, 6.07) is 20.7. The number of aromatic nitrogens is 1. The van der Waals surface area contributed by atoms with E-state index in [-0.39, 0.29) is 0 Å². The minimum Gasteiger partial charge on any atom is -0.497 e. The van der Waals surface area contributed by atoms with Crippen molar-refractivity contribution in [3.63, 3.8) is 0 Å². The van der Waals surface area contributed by atoms with Crippen LogP contribution in [-0.4, -0.2) is 40.4 Å². The zero-order valence-electron chi connectivity index (χ0n) is 17.8. The zero-order chi connectivity index (χ0) is 21.1. The molecule has 5 nitrogen and oxygen atoms in total. The number of hydrogen-bond donors (Lipinski definition) is 0. The van der Waals surface area contributed by atoms with E-state index in [0.29, 0.717) is 6.54 Å². The second-order valence-electron chi connectivity index (χ2n) is 7.26. The van der Waals surface area contributed by atoms with Crippen LogP contribution in [0.4, 0.5) is 0 Å². The molecule has 3 aromatic rings. The van der Waals surface area contributed by atoms with Gasteiger partial charge in [0.1, 0.15) is 5.75 Å². The van der Waals surface area contributed by atoms with Crippen molar-refractivity contribution in [1.29, 1.82) is 0 Å². The lowest BCUT2D eigenvalue weighted by atomic mass is 10.1. The van der Waals surface area contributed by atoms with Crippen LogP contribution >= 0.6 is 11.8 Å². The Kier molecular flexibility index (Phi) is 5.95. The van der Waals surface area contributed by atoms with Crippen LogP contribution in [0.1, 0.15) is 22.5 Å². The Bertz CT molecular complexity index is 1080. The normalized spacial score (nSPS) is 15.4. The Balaban J connectivity index is 1.57. The molecule has 0 saturated heterocycles. The predicted octanol–water partition coefficient (Wildman–Crippen LogP) is 5.04. The van der Waals surface area contributed by atoms with Gasteiger partial charge in [-0.2, -0.15) is 5.10 Å². The van der Waals surface area contributed by atoms with E-state index in [1.54, 1.807) is 18.9 Å². The van der Waals surface area contributed by atoms with E-state index >= 15 is 0 Å². The maximum absolute atomic E-state index is 5.29. The first-order valence-electron chi connectivity index (χ1n) is 9.93. The molecular formula is C24H26N4OS. The number of amidine groups is 1. The average molecular weight is 419 g/mol. The molecule has 0 saturated carbocycles. The van der Waals surface area contributed by atoms with Crippen LogP contribution < -0.4 is 4.74 Å². The van der Waals surface area contributed by atoms with Gasteiger partial charge in [-0.3, -0.25) is 4.99 Å². The second kappa shape index (κ2) is 8.79. The molecule has 0 radical (unpaired) electrons. The van der Waals surface area contributed by atoms with E-state index in [4.69, 9.17) is 14.8 Å². The molecule has 1 aromatic heterocycles. The fourth-order valence-corrected chi connectivity index (χ4v) is 4.55. The Morgan fingerprint density at radius 3 is 2.47 bits per heavy atom. The number of hydrogen-bond acceptors (Lipinski definition) is 4. The summed E-state index contributed by atoms with van der Waals surface area (Å²) < 4.78 is 7.55. The third kappa shape index (κ3) is 4.14. The molecule has 0 spiro atoms. The third-order valence-electron chi connectivity index (χ3n) is 5.20. The van der Waals surface area contributed by atoms with Gasteiger partial charge >= 0.3 is 0 Å². The summed E-state index contributed by atoms with van der Waals surface area (Å²) in [7, 11) is 3.66. The van der Waals surface area contributed by atoms with E-state index < -0.39 is 0 Å². The summed E-state index contributed by atoms with van der Waals surface area (Å²) in [5, 5.41) is 7.69. The van der Waals surface area contributed by atoms with Crippen LogP contribution in [0.25, 0.3) is 5.69 Å². The zero-order valence-corrected chi connectivity index (χ0v) is 18.6. The standard InChI is InChI=1S/C24H26N4OS/c1-17-14-22(18(2)28(17)20-10-12-21(29-4)13-11-20)23-16-30-24(27(3)26-23)25-15-19-8-6-5-7-9-19/h5-14H,15-16H2,1-4H3. The van der Waals surface area contributed by atoms with E-state index in [1.807, 2.05) is 42.4 Å². The van der Waals surface area contributed by atoms with Crippen LogP contribution in [0, 0.1) is 13.8 Å². The fraction of sp³-hybridized carbons (Fsp3) is 0.250. The van der Waals surface area contributed by atoms with Gasteiger partial charge in [0.05, 0.1) is 19.4 Å². The van der Waals surface area contributed by atoms with E-state index in [1.165, 1.54) is 22.5 Å². The molecule has 30 heavy (non-hydrogen) atoms. The smallest absolute Gasteiger partial charge is 0.180 e. The molecule has 0 unspecified atom stereocenters. The van der Waals surface area contributed by atoms with Gasteiger partial charge in [-0.1, -0.05) is 42.1 Å². The van der Waals surface area contributed by atoms with Gasteiger partial charge in [0.15, 0.2) is 5.17 Å². The topological polar surface area (TPSA) is 42.1 Å². The van der Waals surface area contributed by atoms with Crippen LogP contribution in [0.15, 0.2) is 70.8 Å². The Hall–Kier alpha value is -2.99. The van der Waals surface area contributed by atoms with Gasteiger partial charge in [-0.15, -0.1) is 0 Å². The largest absolute Gasteiger partial charge is 0.497 e. The maximum atomic E-state index is 5.29. The van der Waals surface area contributed by atoms with Crippen molar-refractivity contribution < 1.29 is 4.74 Å². The minimum atomic E-state index is 0.671. The number of rotatable bonds is 5. The van der Waals surface area contributed by atoms with Crippen molar-refractivity contribution in [2.24, 2.45) is 10.1 Å². The molecule has 154 valence electrons. The summed E-state index contributed by atoms with van der Waals surface area (Å²) >= 11 is 1.74. The minimum absolute atomic E-state index is 0.671. The number of benzene rings is 2. The number of aryl methyl sites for hydroxylation is 1. The summed E-state index contributed by atoms with van der Waals surface area (Å²) in [4.78, 5) is 4.75. The van der Waals surface area contributed by atoms with Crippen LogP contribution in [0.2, 0.25) is 0 Å². The van der Waals surface area contributed by atoms with E-state index in [2.05, 4.69) is 48.7 Å². The highest BCUT2D eigenvalue weighted by Gasteiger charge is 2.21. The lowest BCUT2D eigenvalue weighted by Gasteiger charge is -2.23. The van der Waals surface area contributed by atoms with Crippen molar-refractivity contribution in [3.05, 3.63) is 83.2 Å². The second-order valence-corrected chi connectivity index (χ2v) is 8.20. The van der Waals surface area contributed by atoms with Gasteiger partial charge in [0.2, 0.25) is 0 Å². The molecule has 2 heterocycles. The molecule has 0 N–H and O–H groups in total. The van der Waals surface area contributed by atoms with Crippen molar-refractivity contribution in [1.82, 2.24) is 9.58 Å². The molecular weight excluding hydrogens is 392 g/mol. The maximum Gasteiger partial charge on any atom is 0.180 e. The lowest BCUT2D eigenvalue weighted by molar-refractivity contribution is 0.414. The van der Waals surface area contributed by atoms with Crippen molar-refractivity contribution in [2.45, 2.75) is 20.4 Å². The van der Waals surface area contributed by atoms with Crippen molar-refractivity contribution in [2.75, 3.05) is 19.9 Å². The van der Waals surface area contributed by atoms with Gasteiger partial charge in [0, 0.05) is 35.4 Å². The average Bonchev–Trinajstić information content (AvgIpc) is 3.07. The molecule has 1 aliphatic heterocycles. The number of nitrogens with zero attached hydrogens (tertiary/aromatic N) is 4. The highest BCUT2D eigenvalue weighted by atomic mass is 32.2. The summed E-state index contributed by atoms with van der Waals surface area (Å²) in [5.74, 6) is 1.67. The predicted molar refractivity (Wildman–Crippen MR) is 126 cm³/mol. The van der Waals surface area contributed by atoms with Gasteiger partial charge in [-0.05, 0) is 49.7 Å².